The van der Waals surface area contributed by atoms with E-state index < -0.39 is 67.8 Å². The van der Waals surface area contributed by atoms with Crippen molar-refractivity contribution in [1.29, 1.82) is 0 Å². The molecule has 6 atom stereocenters. The van der Waals surface area contributed by atoms with E-state index in [1.54, 1.807) is 32.0 Å². The molecule has 2 aromatic rings. The molecule has 1 aliphatic heterocycles. The first-order chi connectivity index (χ1) is 17.9. The first kappa shape index (κ1) is 29.2. The van der Waals surface area contributed by atoms with E-state index in [0.29, 0.717) is 0 Å². The van der Waals surface area contributed by atoms with Crippen molar-refractivity contribution in [3.05, 3.63) is 57.4 Å². The lowest BCUT2D eigenvalue weighted by Crippen LogP contribution is -2.55. The first-order valence-corrected chi connectivity index (χ1v) is 13.0. The van der Waals surface area contributed by atoms with E-state index in [2.05, 4.69) is 16.9 Å². The van der Waals surface area contributed by atoms with Crippen molar-refractivity contribution in [3.8, 4) is 17.6 Å². The van der Waals surface area contributed by atoms with Crippen LogP contribution >= 0.6 is 7.82 Å². The van der Waals surface area contributed by atoms with Crippen molar-refractivity contribution >= 4 is 13.8 Å². The van der Waals surface area contributed by atoms with E-state index >= 15 is 0 Å². The lowest BCUT2D eigenvalue weighted by atomic mass is 9.92. The van der Waals surface area contributed by atoms with Crippen LogP contribution in [0.2, 0.25) is 0 Å². The Morgan fingerprint density at radius 1 is 1.32 bits per heavy atom. The number of phosphoric acid groups is 1. The van der Waals surface area contributed by atoms with Crippen LogP contribution in [0.4, 0.5) is 0 Å². The Morgan fingerprint density at radius 2 is 2.00 bits per heavy atom. The normalized spacial score (nSPS) is 25.2. The smallest absolute Gasteiger partial charge is 0.461 e. The van der Waals surface area contributed by atoms with Gasteiger partial charge in [0.1, 0.15) is 24.2 Å². The number of carbonyl (C=O) groups is 1. The minimum atomic E-state index is -4.54. The van der Waals surface area contributed by atoms with Gasteiger partial charge in [-0.1, -0.05) is 24.1 Å². The maximum atomic E-state index is 13.6. The Kier molecular flexibility index (Phi) is 9.26. The molecule has 38 heavy (non-hydrogen) atoms. The molecule has 0 radical (unpaired) electrons. The van der Waals surface area contributed by atoms with Crippen molar-refractivity contribution in [2.24, 2.45) is 5.73 Å². The Bertz CT molecular complexity index is 1350. The number of nitrogens with one attached hydrogen (secondary N) is 1. The van der Waals surface area contributed by atoms with Gasteiger partial charge < -0.3 is 24.8 Å². The third-order valence-corrected chi connectivity index (χ3v) is 6.66. The molecule has 14 nitrogen and oxygen atoms in total. The summed E-state index contributed by atoms with van der Waals surface area (Å²) in [5.41, 5.74) is 2.74. The zero-order chi connectivity index (χ0) is 28.1. The molecular weight excluding hydrogens is 523 g/mol. The van der Waals surface area contributed by atoms with Gasteiger partial charge in [0.15, 0.2) is 17.9 Å². The van der Waals surface area contributed by atoms with Crippen LogP contribution in [0.5, 0.6) is 5.75 Å². The average Bonchev–Trinajstić information content (AvgIpc) is 3.08. The van der Waals surface area contributed by atoms with Crippen molar-refractivity contribution in [3.63, 3.8) is 0 Å². The summed E-state index contributed by atoms with van der Waals surface area (Å²) in [7, 11) is -4.54. The number of phosphoric ester groups is 1. The lowest BCUT2D eigenvalue weighted by Gasteiger charge is -2.27. The number of carbonyl (C=O) groups excluding carboxylic acids is 1. The molecule has 2 heterocycles. The summed E-state index contributed by atoms with van der Waals surface area (Å²) in [5.74, 6) is 4.48. The minimum absolute atomic E-state index is 0.111. The van der Waals surface area contributed by atoms with Crippen LogP contribution in [0, 0.1) is 11.8 Å². The van der Waals surface area contributed by atoms with Gasteiger partial charge in [0.25, 0.3) is 5.56 Å². The van der Waals surface area contributed by atoms with E-state index in [1.165, 1.54) is 26.0 Å². The van der Waals surface area contributed by atoms with Crippen LogP contribution in [-0.2, 0) is 27.9 Å². The number of nitrogens with two attached hydrogens (primary N) is 1. The first-order valence-electron chi connectivity index (χ1n) is 11.5. The van der Waals surface area contributed by atoms with Crippen LogP contribution < -0.4 is 21.5 Å². The van der Waals surface area contributed by atoms with Crippen LogP contribution in [0.1, 0.15) is 33.9 Å². The molecule has 0 saturated carbocycles. The van der Waals surface area contributed by atoms with Gasteiger partial charge in [0.05, 0.1) is 12.7 Å². The number of hydrogen-bond acceptors (Lipinski definition) is 12. The third kappa shape index (κ3) is 6.76. The number of para-hydroxylation sites is 1. The predicted molar refractivity (Wildman–Crippen MR) is 132 cm³/mol. The number of aliphatic hydroxyl groups is 1. The van der Waals surface area contributed by atoms with E-state index in [4.69, 9.17) is 28.8 Å². The third-order valence-electron chi connectivity index (χ3n) is 5.18. The summed E-state index contributed by atoms with van der Waals surface area (Å²) in [6.45, 7) is 5.41. The van der Waals surface area contributed by atoms with Crippen LogP contribution in [-0.4, -0.2) is 62.4 Å². The maximum absolute atomic E-state index is 13.6. The molecular formula is C23H29N4O10P. The van der Waals surface area contributed by atoms with Crippen molar-refractivity contribution in [2.45, 2.75) is 63.9 Å². The van der Waals surface area contributed by atoms with E-state index in [-0.39, 0.29) is 5.75 Å². The molecule has 4 N–H and O–H groups in total. The van der Waals surface area contributed by atoms with Gasteiger partial charge in [0, 0.05) is 0 Å². The number of aromatic nitrogens is 3. The van der Waals surface area contributed by atoms with Gasteiger partial charge >= 0.3 is 19.5 Å². The Labute approximate surface area is 217 Å². The Hall–Kier alpha value is -3.31. The quantitative estimate of drug-likeness (QED) is 0.210. The highest BCUT2D eigenvalue weighted by atomic mass is 31.2. The minimum Gasteiger partial charge on any atom is -0.461 e. The molecule has 0 unspecified atom stereocenters. The molecule has 1 aromatic carbocycles. The number of nitrogens with zero attached hydrogens (tertiary/aromatic N) is 2. The van der Waals surface area contributed by atoms with E-state index in [9.17, 15) is 24.1 Å². The molecule has 3 rings (SSSR count). The van der Waals surface area contributed by atoms with Gasteiger partial charge in [-0.15, -0.1) is 5.92 Å². The number of aliphatic hydroxyl groups excluding tert-OH is 1. The fourth-order valence-electron chi connectivity index (χ4n) is 3.50. The summed E-state index contributed by atoms with van der Waals surface area (Å²) in [5, 5.41) is 14.7. The summed E-state index contributed by atoms with van der Waals surface area (Å²) >= 11 is 0. The molecule has 1 saturated heterocycles. The largest absolute Gasteiger partial charge is 0.530 e. The van der Waals surface area contributed by atoms with Crippen LogP contribution in [0.3, 0.4) is 0 Å². The number of esters is 1. The summed E-state index contributed by atoms with van der Waals surface area (Å²) < 4.78 is 41.5. The zero-order valence-electron chi connectivity index (χ0n) is 21.1. The SMILES string of the molecule is CC#C[C@@]1(N)[C@@H](O)[C@@H](CO[P@](=O)(Oc2ccccc2)O[C@@H](C)C(=O)OC(C)C)O[C@H]1n1ncc(=O)[nH]c1=O. The topological polar surface area (TPSA) is 194 Å². The highest BCUT2D eigenvalue weighted by molar-refractivity contribution is 7.49. The fraction of sp³-hybridized carbons (Fsp3) is 0.478. The van der Waals surface area contributed by atoms with Crippen molar-refractivity contribution in [2.75, 3.05) is 6.61 Å². The number of rotatable bonds is 10. The molecule has 1 aromatic heterocycles. The summed E-state index contributed by atoms with van der Waals surface area (Å²) in [6, 6.07) is 7.91. The Balaban J connectivity index is 1.86. The summed E-state index contributed by atoms with van der Waals surface area (Å²) in [4.78, 5) is 38.1. The molecule has 0 amide bonds. The second-order valence-corrected chi connectivity index (χ2v) is 10.1. The number of hydrogen-bond donors (Lipinski definition) is 3. The molecule has 0 spiro atoms. The fourth-order valence-corrected chi connectivity index (χ4v) is 4.84. The van der Waals surface area contributed by atoms with Gasteiger partial charge in [0.2, 0.25) is 0 Å². The van der Waals surface area contributed by atoms with Crippen molar-refractivity contribution in [1.82, 2.24) is 14.8 Å². The van der Waals surface area contributed by atoms with Gasteiger partial charge in [-0.2, -0.15) is 9.78 Å². The van der Waals surface area contributed by atoms with E-state index in [0.717, 1.165) is 10.9 Å². The predicted octanol–water partition coefficient (Wildman–Crippen LogP) is 0.471. The standard InChI is InChI=1S/C23H29N4O10P/c1-5-11-23(24)19(29)17(35-21(23)27-22(31)26-18(28)12-25-27)13-33-38(32,37-16-9-7-6-8-10-16)36-15(4)20(30)34-14(2)3/h6-10,12,14-15,17,19,21,29H,13,24H2,1-4H3,(H,26,28,31)/t15-,17+,19-,21+,23+,38-/m0/s1. The number of aromatic amines is 1. The molecule has 1 fully saturated rings. The monoisotopic (exact) mass is 552 g/mol. The Morgan fingerprint density at radius 3 is 2.61 bits per heavy atom. The molecule has 0 bridgehead atoms. The molecule has 1 aliphatic rings. The lowest BCUT2D eigenvalue weighted by molar-refractivity contribution is -0.156. The molecule has 0 aliphatic carbocycles. The van der Waals surface area contributed by atoms with Crippen molar-refractivity contribution < 1.29 is 37.5 Å². The number of ether oxygens (including phenoxy) is 2. The highest BCUT2D eigenvalue weighted by Gasteiger charge is 2.56. The van der Waals surface area contributed by atoms with Gasteiger partial charge in [-0.05, 0) is 39.8 Å². The number of benzene rings is 1. The van der Waals surface area contributed by atoms with Gasteiger partial charge in [-0.3, -0.25) is 18.8 Å². The molecule has 15 heteroatoms. The summed E-state index contributed by atoms with van der Waals surface area (Å²) in [6.07, 6.45) is -5.34. The van der Waals surface area contributed by atoms with Crippen LogP contribution in [0.15, 0.2) is 46.1 Å². The maximum Gasteiger partial charge on any atom is 0.530 e. The second-order valence-electron chi connectivity index (χ2n) is 8.54. The average molecular weight is 552 g/mol. The van der Waals surface area contributed by atoms with E-state index in [1.807, 2.05) is 4.98 Å². The highest BCUT2D eigenvalue weighted by Crippen LogP contribution is 2.51. The number of H-pyrrole nitrogens is 1. The second kappa shape index (κ2) is 12.0. The van der Waals surface area contributed by atoms with Crippen LogP contribution in [0.25, 0.3) is 0 Å². The van der Waals surface area contributed by atoms with Gasteiger partial charge in [-0.25, -0.2) is 14.2 Å². The molecule has 206 valence electrons. The zero-order valence-corrected chi connectivity index (χ0v) is 22.0.